The number of hydrogen-bond acceptors (Lipinski definition) is 5. The summed E-state index contributed by atoms with van der Waals surface area (Å²) in [5, 5.41) is 0. The number of thioether (sulfide) groups is 1. The van der Waals surface area contributed by atoms with Crippen LogP contribution in [-0.4, -0.2) is 64.1 Å². The van der Waals surface area contributed by atoms with Crippen LogP contribution in [0.25, 0.3) is 0 Å². The molecule has 2 N–H and O–H groups in total. The highest BCUT2D eigenvalue weighted by Gasteiger charge is 2.45. The Morgan fingerprint density at radius 2 is 1.96 bits per heavy atom. The summed E-state index contributed by atoms with van der Waals surface area (Å²) in [7, 11) is 0. The Kier molecular flexibility index (Phi) is 4.84. The Morgan fingerprint density at radius 3 is 2.48 bits per heavy atom. The first-order chi connectivity index (χ1) is 10.5. The number of carbonyl (C=O) groups is 3. The molecule has 0 radical (unpaired) electrons. The normalized spacial score (nSPS) is 28.1. The van der Waals surface area contributed by atoms with Crippen molar-refractivity contribution in [2.24, 2.45) is 11.1 Å². The summed E-state index contributed by atoms with van der Waals surface area (Å²) in [4.78, 5) is 39.7. The van der Waals surface area contributed by atoms with Crippen molar-refractivity contribution in [3.8, 4) is 0 Å². The second-order valence-corrected chi connectivity index (χ2v) is 8.40. The van der Waals surface area contributed by atoms with E-state index in [-0.39, 0.29) is 5.91 Å². The molecule has 0 spiro atoms. The van der Waals surface area contributed by atoms with Crippen LogP contribution in [0, 0.1) is 5.41 Å². The number of likely N-dealkylation sites (tertiary alicyclic amines) is 1. The maximum absolute atomic E-state index is 12.7. The average Bonchev–Trinajstić information content (AvgIpc) is 3.03. The van der Waals surface area contributed by atoms with E-state index in [0.717, 1.165) is 0 Å². The predicted octanol–water partition coefficient (Wildman–Crippen LogP) is 1.02. The zero-order valence-electron chi connectivity index (χ0n) is 14.1. The first-order valence-electron chi connectivity index (χ1n) is 7.69. The molecule has 2 saturated heterocycles. The third-order valence-electron chi connectivity index (χ3n) is 4.18. The Hall–Kier alpha value is -1.44. The molecule has 2 aliphatic rings. The molecule has 130 valence electrons. The van der Waals surface area contributed by atoms with Crippen molar-refractivity contribution in [3.63, 3.8) is 0 Å². The minimum absolute atomic E-state index is 0.133. The van der Waals surface area contributed by atoms with Crippen LogP contribution in [0.15, 0.2) is 0 Å². The number of rotatable bonds is 2. The van der Waals surface area contributed by atoms with E-state index >= 15 is 0 Å². The quantitative estimate of drug-likeness (QED) is 0.808. The van der Waals surface area contributed by atoms with Gasteiger partial charge in [0, 0.05) is 18.8 Å². The fraction of sp³-hybridized carbons (Fsp3) is 0.800. The fourth-order valence-electron chi connectivity index (χ4n) is 2.71. The molecule has 2 heterocycles. The number of nitrogens with zero attached hydrogens (tertiary/aromatic N) is 2. The number of carbonyl (C=O) groups excluding carboxylic acids is 3. The molecule has 2 aliphatic heterocycles. The van der Waals surface area contributed by atoms with Crippen molar-refractivity contribution in [3.05, 3.63) is 0 Å². The minimum atomic E-state index is -0.682. The number of primary amides is 1. The molecule has 0 aromatic heterocycles. The third kappa shape index (κ3) is 3.91. The molecule has 0 unspecified atom stereocenters. The lowest BCUT2D eigenvalue weighted by atomic mass is 9.89. The Bertz CT molecular complexity index is 519. The van der Waals surface area contributed by atoms with Gasteiger partial charge in [0.2, 0.25) is 11.8 Å². The topological polar surface area (TPSA) is 92.9 Å². The monoisotopic (exact) mass is 343 g/mol. The zero-order chi connectivity index (χ0) is 17.4. The Balaban J connectivity index is 2.04. The van der Waals surface area contributed by atoms with Gasteiger partial charge in [-0.05, 0) is 34.1 Å². The smallest absolute Gasteiger partial charge is 0.411 e. The summed E-state index contributed by atoms with van der Waals surface area (Å²) in [6.45, 7) is 7.96. The number of ether oxygens (including phenoxy) is 1. The molecule has 2 rings (SSSR count). The molecule has 3 amide bonds. The van der Waals surface area contributed by atoms with Gasteiger partial charge in [0.25, 0.3) is 0 Å². The summed E-state index contributed by atoms with van der Waals surface area (Å²) < 4.78 is 5.37. The van der Waals surface area contributed by atoms with Gasteiger partial charge in [-0.1, -0.05) is 0 Å². The molecule has 2 fully saturated rings. The van der Waals surface area contributed by atoms with E-state index in [1.807, 2.05) is 0 Å². The third-order valence-corrected chi connectivity index (χ3v) is 5.19. The highest BCUT2D eigenvalue weighted by Crippen LogP contribution is 2.32. The van der Waals surface area contributed by atoms with Gasteiger partial charge in [-0.25, -0.2) is 4.79 Å². The van der Waals surface area contributed by atoms with Gasteiger partial charge in [-0.2, -0.15) is 0 Å². The SMILES string of the molecule is CC(C)(C)OC(=O)N1CSC[C@@H]1C(=O)N1CC[C@@](C)(C(N)=O)C1. The lowest BCUT2D eigenvalue weighted by molar-refractivity contribution is -0.135. The van der Waals surface area contributed by atoms with Crippen LogP contribution in [0.2, 0.25) is 0 Å². The van der Waals surface area contributed by atoms with Crippen LogP contribution < -0.4 is 5.73 Å². The second-order valence-electron chi connectivity index (χ2n) is 7.40. The summed E-state index contributed by atoms with van der Waals surface area (Å²) in [6, 6.07) is -0.537. The van der Waals surface area contributed by atoms with Crippen LogP contribution in [0.5, 0.6) is 0 Å². The van der Waals surface area contributed by atoms with Gasteiger partial charge in [0.15, 0.2) is 0 Å². The molecule has 0 aromatic rings. The molecule has 2 atom stereocenters. The maximum Gasteiger partial charge on any atom is 0.411 e. The molecular formula is C15H25N3O4S. The molecule has 7 nitrogen and oxygen atoms in total. The zero-order valence-corrected chi connectivity index (χ0v) is 14.9. The molecule has 0 bridgehead atoms. The van der Waals surface area contributed by atoms with Gasteiger partial charge in [0.05, 0.1) is 11.3 Å². The van der Waals surface area contributed by atoms with E-state index in [0.29, 0.717) is 31.1 Å². The minimum Gasteiger partial charge on any atom is -0.444 e. The Labute approximate surface area is 140 Å². The van der Waals surface area contributed by atoms with E-state index in [1.54, 1.807) is 32.6 Å². The van der Waals surface area contributed by atoms with Gasteiger partial charge < -0.3 is 15.4 Å². The number of nitrogens with two attached hydrogens (primary N) is 1. The van der Waals surface area contributed by atoms with Gasteiger partial charge in [-0.15, -0.1) is 11.8 Å². The first kappa shape index (κ1) is 17.9. The van der Waals surface area contributed by atoms with E-state index < -0.39 is 29.1 Å². The van der Waals surface area contributed by atoms with Crippen molar-refractivity contribution >= 4 is 29.7 Å². The molecule has 8 heteroatoms. The van der Waals surface area contributed by atoms with Crippen LogP contribution >= 0.6 is 11.8 Å². The molecular weight excluding hydrogens is 318 g/mol. The summed E-state index contributed by atoms with van der Waals surface area (Å²) in [5.41, 5.74) is 4.14. The van der Waals surface area contributed by atoms with Crippen LogP contribution in [0.3, 0.4) is 0 Å². The molecule has 23 heavy (non-hydrogen) atoms. The van der Waals surface area contributed by atoms with Crippen molar-refractivity contribution in [2.75, 3.05) is 24.7 Å². The highest BCUT2D eigenvalue weighted by molar-refractivity contribution is 7.99. The van der Waals surface area contributed by atoms with E-state index in [4.69, 9.17) is 10.5 Å². The average molecular weight is 343 g/mol. The Morgan fingerprint density at radius 1 is 1.30 bits per heavy atom. The number of amides is 3. The standard InChI is InChI=1S/C15H25N3O4S/c1-14(2,3)22-13(21)18-9-23-7-10(18)11(19)17-6-5-15(4,8-17)12(16)20/h10H,5-9H2,1-4H3,(H2,16,20)/t10-,15-/m1/s1. The van der Waals surface area contributed by atoms with Crippen LogP contribution in [0.4, 0.5) is 4.79 Å². The summed E-state index contributed by atoms with van der Waals surface area (Å²) in [5.74, 6) is 0.456. The van der Waals surface area contributed by atoms with E-state index in [9.17, 15) is 14.4 Å². The van der Waals surface area contributed by atoms with Gasteiger partial charge >= 0.3 is 6.09 Å². The summed E-state index contributed by atoms with van der Waals surface area (Å²) in [6.07, 6.45) is 0.0816. The van der Waals surface area contributed by atoms with Gasteiger partial charge in [-0.3, -0.25) is 14.5 Å². The molecule has 0 aromatic carbocycles. The largest absolute Gasteiger partial charge is 0.444 e. The predicted molar refractivity (Wildman–Crippen MR) is 87.7 cm³/mol. The summed E-state index contributed by atoms with van der Waals surface area (Å²) >= 11 is 1.52. The van der Waals surface area contributed by atoms with Crippen molar-refractivity contribution < 1.29 is 19.1 Å². The van der Waals surface area contributed by atoms with Crippen LogP contribution in [0.1, 0.15) is 34.1 Å². The molecule has 0 aliphatic carbocycles. The fourth-order valence-corrected chi connectivity index (χ4v) is 3.84. The maximum atomic E-state index is 12.7. The lowest BCUT2D eigenvalue weighted by Gasteiger charge is -2.30. The number of hydrogen-bond donors (Lipinski definition) is 1. The first-order valence-corrected chi connectivity index (χ1v) is 8.85. The van der Waals surface area contributed by atoms with Crippen molar-refractivity contribution in [2.45, 2.75) is 45.8 Å². The molecule has 0 saturated carbocycles. The lowest BCUT2D eigenvalue weighted by Crippen LogP contribution is -2.50. The van der Waals surface area contributed by atoms with E-state index in [2.05, 4.69) is 0 Å². The highest BCUT2D eigenvalue weighted by atomic mass is 32.2. The second kappa shape index (κ2) is 6.22. The van der Waals surface area contributed by atoms with Crippen molar-refractivity contribution in [1.29, 1.82) is 0 Å². The van der Waals surface area contributed by atoms with Gasteiger partial charge in [0.1, 0.15) is 11.6 Å². The van der Waals surface area contributed by atoms with E-state index in [1.165, 1.54) is 16.7 Å². The van der Waals surface area contributed by atoms with Crippen LogP contribution in [-0.2, 0) is 14.3 Å². The van der Waals surface area contributed by atoms with Crippen molar-refractivity contribution in [1.82, 2.24) is 9.80 Å².